The number of aliphatic hydroxyl groups excluding tert-OH is 10. The molecule has 3 heterocycles. The zero-order chi connectivity index (χ0) is 56.7. The van der Waals surface area contributed by atoms with Crippen LogP contribution in [-0.4, -0.2) is 194 Å². The normalized spacial score (nSPS) is 32.6. The van der Waals surface area contributed by atoms with Gasteiger partial charge in [-0.15, -0.1) is 0 Å². The van der Waals surface area contributed by atoms with Gasteiger partial charge in [0, 0.05) is 12.8 Å². The van der Waals surface area contributed by atoms with Crippen molar-refractivity contribution in [1.29, 1.82) is 0 Å². The molecule has 2 unspecified atom stereocenters. The van der Waals surface area contributed by atoms with Crippen LogP contribution in [0.5, 0.6) is 0 Å². The van der Waals surface area contributed by atoms with E-state index in [1.54, 1.807) is 0 Å². The predicted molar refractivity (Wildman–Crippen MR) is 287 cm³/mol. The Kier molecular flexibility index (Phi) is 34.7. The molecule has 18 atom stereocenters. The van der Waals surface area contributed by atoms with Gasteiger partial charge in [-0.1, -0.05) is 154 Å². The molecular weight excluding hydrogens is 1020 g/mol. The van der Waals surface area contributed by atoms with Gasteiger partial charge in [0.05, 0.1) is 26.4 Å². The molecule has 0 aromatic carbocycles. The molecule has 0 aromatic rings. The summed E-state index contributed by atoms with van der Waals surface area (Å²) in [5.74, 6) is 0.746. The second-order valence-electron chi connectivity index (χ2n) is 22.4. The van der Waals surface area contributed by atoms with Crippen LogP contribution in [0, 0.1) is 11.8 Å². The Balaban J connectivity index is 1.29. The highest BCUT2D eigenvalue weighted by Gasteiger charge is 2.52. The molecule has 0 spiro atoms. The molecule has 0 amide bonds. The maximum absolute atomic E-state index is 13.3. The maximum atomic E-state index is 13.3. The van der Waals surface area contributed by atoms with E-state index in [1.807, 2.05) is 0 Å². The first-order chi connectivity index (χ1) is 37.7. The number of hydrogen-bond acceptors (Lipinski definition) is 20. The molecule has 456 valence electrons. The van der Waals surface area contributed by atoms with Crippen LogP contribution in [-0.2, 0) is 47.5 Å². The molecule has 3 saturated heterocycles. The quantitative estimate of drug-likeness (QED) is 0.0217. The minimum atomic E-state index is -1.98. The monoisotopic (exact) mass is 1120 g/mol. The fourth-order valence-electron chi connectivity index (χ4n) is 10.6. The Morgan fingerprint density at radius 1 is 0.474 bits per heavy atom. The maximum Gasteiger partial charge on any atom is 0.306 e. The summed E-state index contributed by atoms with van der Waals surface area (Å²) in [5.41, 5.74) is 0. The Morgan fingerprint density at radius 3 is 1.47 bits per heavy atom. The van der Waals surface area contributed by atoms with Crippen LogP contribution in [0.1, 0.15) is 200 Å². The average molecular weight is 1120 g/mol. The standard InChI is InChI=1S/C58H104O20/c1-3-5-7-9-11-12-13-14-15-16-17-18-19-23-28-32-46(62)74-41(36-71-45(61)31-27-24-20-22-26-30-40-33-39(40)29-25-21-10-8-6-4-2)37-72-58-55(52(68)48(64)43(35-60)76-58)78-57-54(70)51(67)49(65)44(77-57)38-73-56-53(69)50(66)47(63)42(34-59)75-56/h14-15,39-44,47-60,63-70H,3-13,16-38H2,1-2H3/b15-14-/t39?,40?,41-,42-,43-,44-,47-,48-,49+,50+,51+,52+,53-,54-,55-,56-,57-,58+/m1/s1. The van der Waals surface area contributed by atoms with E-state index in [9.17, 15) is 60.7 Å². The first-order valence-electron chi connectivity index (χ1n) is 30.3. The van der Waals surface area contributed by atoms with Gasteiger partial charge in [-0.25, -0.2) is 0 Å². The number of hydrogen-bond donors (Lipinski definition) is 10. The van der Waals surface area contributed by atoms with Gasteiger partial charge in [0.2, 0.25) is 0 Å². The van der Waals surface area contributed by atoms with Gasteiger partial charge < -0.3 is 89.0 Å². The van der Waals surface area contributed by atoms with E-state index >= 15 is 0 Å². The third-order valence-electron chi connectivity index (χ3n) is 15.8. The van der Waals surface area contributed by atoms with Crippen molar-refractivity contribution in [3.05, 3.63) is 12.2 Å². The van der Waals surface area contributed by atoms with Gasteiger partial charge in [0.25, 0.3) is 0 Å². The van der Waals surface area contributed by atoms with Crippen LogP contribution in [0.3, 0.4) is 0 Å². The molecule has 4 fully saturated rings. The van der Waals surface area contributed by atoms with Gasteiger partial charge in [-0.05, 0) is 56.8 Å². The molecule has 20 nitrogen and oxygen atoms in total. The topological polar surface area (TPSA) is 310 Å². The minimum absolute atomic E-state index is 0.0959. The smallest absolute Gasteiger partial charge is 0.306 e. The van der Waals surface area contributed by atoms with Crippen LogP contribution in [0.2, 0.25) is 0 Å². The third kappa shape index (κ3) is 24.9. The van der Waals surface area contributed by atoms with Crippen molar-refractivity contribution in [1.82, 2.24) is 0 Å². The lowest BCUT2D eigenvalue weighted by molar-refractivity contribution is -0.373. The van der Waals surface area contributed by atoms with E-state index in [4.69, 9.17) is 37.9 Å². The fourth-order valence-corrected chi connectivity index (χ4v) is 10.6. The van der Waals surface area contributed by atoms with Crippen LogP contribution in [0.25, 0.3) is 0 Å². The van der Waals surface area contributed by atoms with E-state index in [0.717, 1.165) is 69.6 Å². The minimum Gasteiger partial charge on any atom is -0.462 e. The molecule has 78 heavy (non-hydrogen) atoms. The van der Waals surface area contributed by atoms with Crippen molar-refractivity contribution < 1.29 is 98.5 Å². The van der Waals surface area contributed by atoms with Crippen LogP contribution < -0.4 is 0 Å². The van der Waals surface area contributed by atoms with Gasteiger partial charge in [-0.2, -0.15) is 0 Å². The number of allylic oxidation sites excluding steroid dienone is 2. The van der Waals surface area contributed by atoms with E-state index in [0.29, 0.717) is 12.8 Å². The Hall–Kier alpha value is -1.96. The highest BCUT2D eigenvalue weighted by Crippen LogP contribution is 2.46. The summed E-state index contributed by atoms with van der Waals surface area (Å²) >= 11 is 0. The highest BCUT2D eigenvalue weighted by molar-refractivity contribution is 5.70. The number of unbranched alkanes of at least 4 members (excludes halogenated alkanes) is 20. The zero-order valence-corrected chi connectivity index (χ0v) is 47.1. The molecule has 1 aliphatic carbocycles. The van der Waals surface area contributed by atoms with Crippen molar-refractivity contribution in [2.24, 2.45) is 11.8 Å². The number of carbonyl (C=O) groups is 2. The van der Waals surface area contributed by atoms with Crippen molar-refractivity contribution in [2.45, 2.75) is 298 Å². The third-order valence-corrected chi connectivity index (χ3v) is 15.8. The summed E-state index contributed by atoms with van der Waals surface area (Å²) in [7, 11) is 0. The number of ether oxygens (including phenoxy) is 8. The summed E-state index contributed by atoms with van der Waals surface area (Å²) in [6.45, 7) is 1.42. The lowest BCUT2D eigenvalue weighted by Gasteiger charge is -2.46. The second-order valence-corrected chi connectivity index (χ2v) is 22.4. The molecule has 1 saturated carbocycles. The summed E-state index contributed by atoms with van der Waals surface area (Å²) in [6, 6.07) is 0. The van der Waals surface area contributed by atoms with Crippen LogP contribution in [0.15, 0.2) is 12.2 Å². The van der Waals surface area contributed by atoms with E-state index in [2.05, 4.69) is 26.0 Å². The summed E-state index contributed by atoms with van der Waals surface area (Å²) in [4.78, 5) is 26.3. The van der Waals surface area contributed by atoms with Crippen molar-refractivity contribution in [2.75, 3.05) is 33.0 Å². The lowest BCUT2D eigenvalue weighted by atomic mass is 9.97. The molecule has 0 bridgehead atoms. The van der Waals surface area contributed by atoms with Crippen molar-refractivity contribution in [3.63, 3.8) is 0 Å². The van der Waals surface area contributed by atoms with Crippen LogP contribution in [0.4, 0.5) is 0 Å². The number of esters is 2. The van der Waals surface area contributed by atoms with Gasteiger partial charge in [0.15, 0.2) is 25.0 Å². The summed E-state index contributed by atoms with van der Waals surface area (Å²) in [6.07, 6.45) is 8.90. The number of rotatable bonds is 43. The molecule has 20 heteroatoms. The van der Waals surface area contributed by atoms with Crippen molar-refractivity contribution in [3.8, 4) is 0 Å². The second kappa shape index (κ2) is 39.5. The first kappa shape index (κ1) is 68.5. The van der Waals surface area contributed by atoms with E-state index < -0.39 is 137 Å². The van der Waals surface area contributed by atoms with E-state index in [-0.39, 0.29) is 19.4 Å². The Bertz CT molecular complexity index is 1590. The van der Waals surface area contributed by atoms with Gasteiger partial charge in [-0.3, -0.25) is 9.59 Å². The largest absolute Gasteiger partial charge is 0.462 e. The predicted octanol–water partition coefficient (Wildman–Crippen LogP) is 5.06. The highest BCUT2D eigenvalue weighted by atomic mass is 16.8. The molecule has 4 rings (SSSR count). The van der Waals surface area contributed by atoms with Gasteiger partial charge in [0.1, 0.15) is 79.9 Å². The summed E-state index contributed by atoms with van der Waals surface area (Å²) in [5, 5.41) is 105. The molecule has 4 aliphatic rings. The van der Waals surface area contributed by atoms with Gasteiger partial charge >= 0.3 is 11.9 Å². The Morgan fingerprint density at radius 2 is 0.923 bits per heavy atom. The number of aliphatic hydroxyl groups is 10. The SMILES string of the molecule is CCCCCCCC/C=C\CCCCCCCC(=O)O[C@H](COC(=O)CCCCCCCC1CC1CCCCCCCC)CO[C@H]1O[C@H](CO)[C@@H](O)[C@H](O)[C@H]1O[C@H]1O[C@H](CO[C@@H]2O[C@H](CO)[C@@H](O)[C@H](O)[C@H]2O)[C@H](O)[C@H](O)[C@H]1O. The first-order valence-corrected chi connectivity index (χ1v) is 30.3. The zero-order valence-electron chi connectivity index (χ0n) is 47.1. The van der Waals surface area contributed by atoms with Crippen LogP contribution >= 0.6 is 0 Å². The molecule has 0 aromatic heterocycles. The lowest BCUT2D eigenvalue weighted by Crippen LogP contribution is -2.65. The van der Waals surface area contributed by atoms with Crippen molar-refractivity contribution >= 4 is 11.9 Å². The Labute approximate surface area is 464 Å². The molecule has 0 radical (unpaired) electrons. The number of carbonyl (C=O) groups excluding carboxylic acids is 2. The fraction of sp³-hybridized carbons (Fsp3) is 0.931. The average Bonchev–Trinajstić information content (AvgIpc) is 4.22. The molecule has 10 N–H and O–H groups in total. The molecule has 3 aliphatic heterocycles. The van der Waals surface area contributed by atoms with E-state index in [1.165, 1.54) is 103 Å². The summed E-state index contributed by atoms with van der Waals surface area (Å²) < 4.78 is 45.7. The molecular formula is C58H104O20.